The largest absolute Gasteiger partial charge is 0.351 e. The van der Waals surface area contributed by atoms with E-state index in [1.807, 2.05) is 6.07 Å². The second kappa shape index (κ2) is 7.01. The highest BCUT2D eigenvalue weighted by Crippen LogP contribution is 2.12. The Kier molecular flexibility index (Phi) is 5.63. The van der Waals surface area contributed by atoms with E-state index in [1.54, 1.807) is 12.3 Å². The average molecular weight is 235 g/mol. The summed E-state index contributed by atoms with van der Waals surface area (Å²) < 4.78 is 0. The van der Waals surface area contributed by atoms with Crippen LogP contribution in [0.4, 0.5) is 0 Å². The molecule has 0 spiro atoms. The predicted octanol–water partition coefficient (Wildman–Crippen LogP) is 1.67. The Balaban J connectivity index is 2.46. The van der Waals surface area contributed by atoms with Gasteiger partial charge in [0, 0.05) is 12.7 Å². The topological polar surface area (TPSA) is 68.0 Å². The van der Waals surface area contributed by atoms with Crippen molar-refractivity contribution in [2.24, 2.45) is 5.73 Å². The van der Waals surface area contributed by atoms with Crippen molar-refractivity contribution >= 4 is 5.91 Å². The maximum Gasteiger partial charge on any atom is 0.269 e. The van der Waals surface area contributed by atoms with Gasteiger partial charge in [0.2, 0.25) is 0 Å². The van der Waals surface area contributed by atoms with E-state index in [0.29, 0.717) is 24.7 Å². The lowest BCUT2D eigenvalue weighted by Crippen LogP contribution is -2.25. The Labute approximate surface area is 103 Å². The highest BCUT2D eigenvalue weighted by Gasteiger charge is 2.07. The molecule has 0 saturated heterocycles. The van der Waals surface area contributed by atoms with Gasteiger partial charge >= 0.3 is 0 Å². The molecule has 4 nitrogen and oxygen atoms in total. The van der Waals surface area contributed by atoms with Crippen LogP contribution in [-0.4, -0.2) is 24.0 Å². The first-order valence-electron chi connectivity index (χ1n) is 6.09. The number of carbonyl (C=O) groups is 1. The molecule has 94 valence electrons. The molecule has 0 aromatic carbocycles. The van der Waals surface area contributed by atoms with Gasteiger partial charge in [-0.15, -0.1) is 0 Å². The van der Waals surface area contributed by atoms with Crippen LogP contribution in [-0.2, 0) is 0 Å². The van der Waals surface area contributed by atoms with E-state index in [9.17, 15) is 4.79 Å². The predicted molar refractivity (Wildman–Crippen MR) is 68.9 cm³/mol. The first-order chi connectivity index (χ1) is 8.15. The maximum absolute atomic E-state index is 11.7. The van der Waals surface area contributed by atoms with Gasteiger partial charge in [0.05, 0.1) is 0 Å². The highest BCUT2D eigenvalue weighted by atomic mass is 16.1. The van der Waals surface area contributed by atoms with Crippen LogP contribution in [0.5, 0.6) is 0 Å². The van der Waals surface area contributed by atoms with Gasteiger partial charge in [0.1, 0.15) is 5.69 Å². The summed E-state index contributed by atoms with van der Waals surface area (Å²) in [4.78, 5) is 15.8. The molecule has 0 unspecified atom stereocenters. The molecule has 0 bridgehead atoms. The normalized spacial score (nSPS) is 10.6. The number of nitrogens with two attached hydrogens (primary N) is 1. The molecule has 1 amide bonds. The fraction of sp³-hybridized carbons (Fsp3) is 0.538. The van der Waals surface area contributed by atoms with Crippen molar-refractivity contribution in [2.45, 2.75) is 32.6 Å². The molecule has 0 aliphatic rings. The van der Waals surface area contributed by atoms with E-state index in [-0.39, 0.29) is 5.91 Å². The van der Waals surface area contributed by atoms with Crippen LogP contribution in [0, 0.1) is 0 Å². The first-order valence-corrected chi connectivity index (χ1v) is 6.09. The third-order valence-corrected chi connectivity index (χ3v) is 2.60. The van der Waals surface area contributed by atoms with Crippen LogP contribution in [0.15, 0.2) is 18.3 Å². The van der Waals surface area contributed by atoms with Crippen molar-refractivity contribution in [3.05, 3.63) is 29.6 Å². The molecular formula is C13H21N3O. The number of carbonyl (C=O) groups excluding carboxylic acids is 1. The summed E-state index contributed by atoms with van der Waals surface area (Å²) >= 11 is 0. The van der Waals surface area contributed by atoms with E-state index < -0.39 is 0 Å². The lowest BCUT2D eigenvalue weighted by atomic mass is 10.1. The molecule has 0 saturated carbocycles. The number of hydrogen-bond donors (Lipinski definition) is 2. The Hall–Kier alpha value is -1.42. The Morgan fingerprint density at radius 1 is 1.41 bits per heavy atom. The Bertz CT molecular complexity index is 346. The third-order valence-electron chi connectivity index (χ3n) is 2.60. The summed E-state index contributed by atoms with van der Waals surface area (Å²) in [5, 5.41) is 2.83. The molecular weight excluding hydrogens is 214 g/mol. The summed E-state index contributed by atoms with van der Waals surface area (Å²) in [6, 6.07) is 3.72. The average Bonchev–Trinajstić information content (AvgIpc) is 2.34. The van der Waals surface area contributed by atoms with Gasteiger partial charge in [0.25, 0.3) is 5.91 Å². The van der Waals surface area contributed by atoms with Crippen LogP contribution in [0.25, 0.3) is 0 Å². The van der Waals surface area contributed by atoms with Crippen molar-refractivity contribution < 1.29 is 4.79 Å². The first kappa shape index (κ1) is 13.6. The molecule has 1 rings (SSSR count). The summed E-state index contributed by atoms with van der Waals surface area (Å²) in [5.41, 5.74) is 6.99. The number of unbranched alkanes of at least 4 members (excludes halogenated alkanes) is 1. The molecule has 0 aliphatic carbocycles. The molecule has 1 heterocycles. The molecule has 0 radical (unpaired) electrons. The van der Waals surface area contributed by atoms with Crippen molar-refractivity contribution in [3.8, 4) is 0 Å². The van der Waals surface area contributed by atoms with Gasteiger partial charge in [-0.25, -0.2) is 0 Å². The molecule has 0 aliphatic heterocycles. The number of amides is 1. The maximum atomic E-state index is 11.7. The molecule has 0 atom stereocenters. The van der Waals surface area contributed by atoms with Crippen LogP contribution < -0.4 is 11.1 Å². The zero-order valence-corrected chi connectivity index (χ0v) is 10.6. The third kappa shape index (κ3) is 4.53. The van der Waals surface area contributed by atoms with Gasteiger partial charge in [0.15, 0.2) is 0 Å². The van der Waals surface area contributed by atoms with Gasteiger partial charge in [-0.3, -0.25) is 9.78 Å². The zero-order chi connectivity index (χ0) is 12.7. The highest BCUT2D eigenvalue weighted by molar-refractivity contribution is 5.92. The van der Waals surface area contributed by atoms with Crippen LogP contribution in [0.3, 0.4) is 0 Å². The number of rotatable bonds is 6. The number of nitrogens with one attached hydrogen (secondary N) is 1. The Morgan fingerprint density at radius 3 is 2.71 bits per heavy atom. The zero-order valence-electron chi connectivity index (χ0n) is 10.6. The minimum Gasteiger partial charge on any atom is -0.351 e. The van der Waals surface area contributed by atoms with Crippen LogP contribution >= 0.6 is 0 Å². The molecule has 1 aromatic rings. The van der Waals surface area contributed by atoms with Gasteiger partial charge in [-0.1, -0.05) is 19.9 Å². The van der Waals surface area contributed by atoms with E-state index in [4.69, 9.17) is 5.73 Å². The minimum absolute atomic E-state index is 0.114. The second-order valence-corrected chi connectivity index (χ2v) is 4.38. The van der Waals surface area contributed by atoms with E-state index >= 15 is 0 Å². The molecule has 1 aromatic heterocycles. The lowest BCUT2D eigenvalue weighted by Gasteiger charge is -2.06. The summed E-state index contributed by atoms with van der Waals surface area (Å²) in [6.07, 6.45) is 3.60. The van der Waals surface area contributed by atoms with Crippen molar-refractivity contribution in [3.63, 3.8) is 0 Å². The van der Waals surface area contributed by atoms with E-state index in [0.717, 1.165) is 18.4 Å². The summed E-state index contributed by atoms with van der Waals surface area (Å²) in [5.74, 6) is 0.321. The summed E-state index contributed by atoms with van der Waals surface area (Å²) in [7, 11) is 0. The van der Waals surface area contributed by atoms with Crippen molar-refractivity contribution in [2.75, 3.05) is 13.1 Å². The fourth-order valence-electron chi connectivity index (χ4n) is 1.44. The Morgan fingerprint density at radius 2 is 2.18 bits per heavy atom. The smallest absolute Gasteiger partial charge is 0.269 e. The molecule has 0 fully saturated rings. The standard InChI is InChI=1S/C13H21N3O/c1-10(2)11-5-6-12(16-9-11)13(17)15-8-4-3-7-14/h5-6,9-10H,3-4,7-8,14H2,1-2H3,(H,15,17). The van der Waals surface area contributed by atoms with E-state index in [1.165, 1.54) is 0 Å². The second-order valence-electron chi connectivity index (χ2n) is 4.38. The van der Waals surface area contributed by atoms with Gasteiger partial charge in [-0.2, -0.15) is 0 Å². The number of pyridine rings is 1. The quantitative estimate of drug-likeness (QED) is 0.737. The summed E-state index contributed by atoms with van der Waals surface area (Å²) in [6.45, 7) is 5.52. The molecule has 17 heavy (non-hydrogen) atoms. The van der Waals surface area contributed by atoms with Crippen molar-refractivity contribution in [1.82, 2.24) is 10.3 Å². The molecule has 3 N–H and O–H groups in total. The van der Waals surface area contributed by atoms with Crippen molar-refractivity contribution in [1.29, 1.82) is 0 Å². The molecule has 4 heteroatoms. The van der Waals surface area contributed by atoms with Crippen LogP contribution in [0.1, 0.15) is 48.7 Å². The fourth-order valence-corrected chi connectivity index (χ4v) is 1.44. The number of nitrogens with zero attached hydrogens (tertiary/aromatic N) is 1. The SMILES string of the molecule is CC(C)c1ccc(C(=O)NCCCCN)nc1. The van der Waals surface area contributed by atoms with Gasteiger partial charge < -0.3 is 11.1 Å². The van der Waals surface area contributed by atoms with Gasteiger partial charge in [-0.05, 0) is 36.9 Å². The lowest BCUT2D eigenvalue weighted by molar-refractivity contribution is 0.0948. The number of aromatic nitrogens is 1. The monoisotopic (exact) mass is 235 g/mol. The number of hydrogen-bond acceptors (Lipinski definition) is 3. The van der Waals surface area contributed by atoms with E-state index in [2.05, 4.69) is 24.1 Å². The van der Waals surface area contributed by atoms with Crippen LogP contribution in [0.2, 0.25) is 0 Å². The minimum atomic E-state index is -0.114.